The lowest BCUT2D eigenvalue weighted by molar-refractivity contribution is 0.313. The van der Waals surface area contributed by atoms with Gasteiger partial charge in [0.15, 0.2) is 0 Å². The minimum absolute atomic E-state index is 0.952. The van der Waals surface area contributed by atoms with Crippen LogP contribution in [0.3, 0.4) is 0 Å². The molecule has 0 bridgehead atoms. The van der Waals surface area contributed by atoms with Crippen LogP contribution in [0.15, 0.2) is 42.7 Å². The van der Waals surface area contributed by atoms with E-state index in [1.807, 2.05) is 12.4 Å². The lowest BCUT2D eigenvalue weighted by Gasteiger charge is -2.25. The van der Waals surface area contributed by atoms with Gasteiger partial charge < -0.3 is 9.88 Å². The summed E-state index contributed by atoms with van der Waals surface area (Å²) in [6, 6.07) is 11.1. The molecule has 0 radical (unpaired) electrons. The monoisotopic (exact) mass is 263 g/mol. The molecule has 1 aliphatic rings. The number of rotatable bonds is 1. The number of nitrogens with zero attached hydrogens (tertiary/aromatic N) is 2. The summed E-state index contributed by atoms with van der Waals surface area (Å²) in [5, 5.41) is 1.17. The topological polar surface area (TPSA) is 31.9 Å². The van der Waals surface area contributed by atoms with Crippen LogP contribution in [-0.2, 0) is 13.0 Å². The lowest BCUT2D eigenvalue weighted by Crippen LogP contribution is -2.26. The van der Waals surface area contributed by atoms with Crippen LogP contribution in [-0.4, -0.2) is 28.5 Å². The van der Waals surface area contributed by atoms with E-state index in [0.29, 0.717) is 0 Å². The molecule has 0 fully saturated rings. The van der Waals surface area contributed by atoms with Gasteiger partial charge in [-0.25, -0.2) is 4.98 Å². The molecule has 4 rings (SSSR count). The second-order valence-electron chi connectivity index (χ2n) is 5.61. The van der Waals surface area contributed by atoms with Crippen molar-refractivity contribution in [2.24, 2.45) is 0 Å². The number of H-pyrrole nitrogens is 1. The molecular formula is C17H17N3. The van der Waals surface area contributed by atoms with Gasteiger partial charge in [-0.05, 0) is 42.3 Å². The van der Waals surface area contributed by atoms with Crippen LogP contribution >= 0.6 is 0 Å². The Bertz CT molecular complexity index is 773. The van der Waals surface area contributed by atoms with Crippen LogP contribution in [0.1, 0.15) is 11.1 Å². The summed E-state index contributed by atoms with van der Waals surface area (Å²) in [7, 11) is 2.18. The van der Waals surface area contributed by atoms with E-state index in [4.69, 9.17) is 0 Å². The van der Waals surface area contributed by atoms with Gasteiger partial charge in [-0.3, -0.25) is 0 Å². The molecule has 1 N–H and O–H groups in total. The zero-order valence-corrected chi connectivity index (χ0v) is 11.6. The minimum atomic E-state index is 0.952. The van der Waals surface area contributed by atoms with Crippen molar-refractivity contribution in [2.75, 3.05) is 13.6 Å². The van der Waals surface area contributed by atoms with Crippen molar-refractivity contribution < 1.29 is 0 Å². The van der Waals surface area contributed by atoms with Crippen LogP contribution in [0.4, 0.5) is 0 Å². The molecule has 0 saturated heterocycles. The Balaban J connectivity index is 1.78. The van der Waals surface area contributed by atoms with Crippen molar-refractivity contribution in [3.63, 3.8) is 0 Å². The lowest BCUT2D eigenvalue weighted by atomic mass is 9.95. The largest absolute Gasteiger partial charge is 0.346 e. The number of pyridine rings is 1. The van der Waals surface area contributed by atoms with Gasteiger partial charge >= 0.3 is 0 Å². The zero-order chi connectivity index (χ0) is 13.5. The summed E-state index contributed by atoms with van der Waals surface area (Å²) in [4.78, 5) is 9.98. The van der Waals surface area contributed by atoms with Gasteiger partial charge in [0.1, 0.15) is 5.65 Å². The molecule has 1 aliphatic heterocycles. The van der Waals surface area contributed by atoms with E-state index < -0.39 is 0 Å². The maximum Gasteiger partial charge on any atom is 0.137 e. The average molecular weight is 263 g/mol. The second-order valence-corrected chi connectivity index (χ2v) is 5.61. The summed E-state index contributed by atoms with van der Waals surface area (Å²) in [6.07, 6.45) is 5.03. The van der Waals surface area contributed by atoms with Gasteiger partial charge in [0.05, 0.1) is 0 Å². The molecule has 20 heavy (non-hydrogen) atoms. The van der Waals surface area contributed by atoms with Crippen LogP contribution in [0.2, 0.25) is 0 Å². The number of hydrogen-bond donors (Lipinski definition) is 1. The van der Waals surface area contributed by atoms with E-state index in [2.05, 4.69) is 52.2 Å². The molecule has 0 spiro atoms. The van der Waals surface area contributed by atoms with Crippen molar-refractivity contribution >= 4 is 11.0 Å². The Morgan fingerprint density at radius 1 is 1.10 bits per heavy atom. The summed E-state index contributed by atoms with van der Waals surface area (Å²) in [5.41, 5.74) is 6.35. The van der Waals surface area contributed by atoms with Gasteiger partial charge in [0.2, 0.25) is 0 Å². The van der Waals surface area contributed by atoms with E-state index in [1.54, 1.807) is 0 Å². The molecule has 100 valence electrons. The summed E-state index contributed by atoms with van der Waals surface area (Å²) in [5.74, 6) is 0. The van der Waals surface area contributed by atoms with Crippen molar-refractivity contribution in [3.8, 4) is 11.1 Å². The van der Waals surface area contributed by atoms with E-state index in [1.165, 1.54) is 27.6 Å². The van der Waals surface area contributed by atoms with Gasteiger partial charge in [0.25, 0.3) is 0 Å². The van der Waals surface area contributed by atoms with Gasteiger partial charge in [-0.15, -0.1) is 0 Å². The first-order valence-electron chi connectivity index (χ1n) is 7.03. The Kier molecular flexibility index (Phi) is 2.60. The van der Waals surface area contributed by atoms with E-state index >= 15 is 0 Å². The quantitative estimate of drug-likeness (QED) is 0.731. The normalized spacial score (nSPS) is 15.4. The Morgan fingerprint density at radius 2 is 2.05 bits per heavy atom. The number of aromatic amines is 1. The second kappa shape index (κ2) is 4.46. The smallest absolute Gasteiger partial charge is 0.137 e. The summed E-state index contributed by atoms with van der Waals surface area (Å²) >= 11 is 0. The van der Waals surface area contributed by atoms with Crippen molar-refractivity contribution in [1.82, 2.24) is 14.9 Å². The fourth-order valence-electron chi connectivity index (χ4n) is 2.97. The first-order chi connectivity index (χ1) is 9.79. The number of nitrogens with one attached hydrogen (secondary N) is 1. The highest BCUT2D eigenvalue weighted by atomic mass is 15.1. The highest BCUT2D eigenvalue weighted by Gasteiger charge is 2.13. The predicted octanol–water partition coefficient (Wildman–Crippen LogP) is 3.22. The van der Waals surface area contributed by atoms with E-state index in [9.17, 15) is 0 Å². The SMILES string of the molecule is CN1CCc2cc(-c3cnc4[nH]ccc4c3)ccc2C1. The fourth-order valence-corrected chi connectivity index (χ4v) is 2.97. The number of aromatic nitrogens is 2. The van der Waals surface area contributed by atoms with Gasteiger partial charge in [0, 0.05) is 36.4 Å². The van der Waals surface area contributed by atoms with Gasteiger partial charge in [-0.1, -0.05) is 18.2 Å². The van der Waals surface area contributed by atoms with Crippen molar-refractivity contribution in [1.29, 1.82) is 0 Å². The maximum atomic E-state index is 4.48. The number of likely N-dealkylation sites (N-methyl/N-ethyl adjacent to an activating group) is 1. The fraction of sp³-hybridized carbons (Fsp3) is 0.235. The molecule has 0 saturated carbocycles. The van der Waals surface area contributed by atoms with Crippen LogP contribution in [0.5, 0.6) is 0 Å². The van der Waals surface area contributed by atoms with Crippen molar-refractivity contribution in [2.45, 2.75) is 13.0 Å². The summed E-state index contributed by atoms with van der Waals surface area (Å²) < 4.78 is 0. The highest BCUT2D eigenvalue weighted by Crippen LogP contribution is 2.27. The Morgan fingerprint density at radius 3 is 3.00 bits per heavy atom. The van der Waals surface area contributed by atoms with Crippen LogP contribution in [0, 0.1) is 0 Å². The molecular weight excluding hydrogens is 246 g/mol. The van der Waals surface area contributed by atoms with Gasteiger partial charge in [-0.2, -0.15) is 0 Å². The maximum absolute atomic E-state index is 4.48. The highest BCUT2D eigenvalue weighted by molar-refractivity contribution is 5.81. The van der Waals surface area contributed by atoms with Crippen molar-refractivity contribution in [3.05, 3.63) is 53.9 Å². The van der Waals surface area contributed by atoms with Crippen LogP contribution < -0.4 is 0 Å². The number of hydrogen-bond acceptors (Lipinski definition) is 2. The zero-order valence-electron chi connectivity index (χ0n) is 11.6. The van der Waals surface area contributed by atoms with E-state index in [-0.39, 0.29) is 0 Å². The molecule has 3 nitrogen and oxygen atoms in total. The van der Waals surface area contributed by atoms with E-state index in [0.717, 1.165) is 25.2 Å². The molecule has 0 unspecified atom stereocenters. The molecule has 3 aromatic rings. The molecule has 0 amide bonds. The molecule has 2 aromatic heterocycles. The molecule has 3 heteroatoms. The first-order valence-corrected chi connectivity index (χ1v) is 7.03. The molecule has 1 aromatic carbocycles. The average Bonchev–Trinajstić information content (AvgIpc) is 2.94. The predicted molar refractivity (Wildman–Crippen MR) is 81.6 cm³/mol. The Labute approximate surface area is 118 Å². The molecule has 0 aliphatic carbocycles. The summed E-state index contributed by atoms with van der Waals surface area (Å²) in [6.45, 7) is 2.20. The number of fused-ring (bicyclic) bond motifs is 2. The molecule has 0 atom stereocenters. The number of benzene rings is 1. The minimum Gasteiger partial charge on any atom is -0.346 e. The third-order valence-electron chi connectivity index (χ3n) is 4.14. The standard InChI is InChI=1S/C17H17N3/c1-20-7-5-13-8-12(2-3-15(13)11-20)16-9-14-4-6-18-17(14)19-10-16/h2-4,6,8-10H,5,7,11H2,1H3,(H,18,19). The molecule has 3 heterocycles. The Hall–Kier alpha value is -2.13. The first kappa shape index (κ1) is 11.7. The third kappa shape index (κ3) is 1.91. The van der Waals surface area contributed by atoms with Crippen LogP contribution in [0.25, 0.3) is 22.2 Å². The third-order valence-corrected chi connectivity index (χ3v) is 4.14.